The maximum atomic E-state index is 3.29. The molecular weight excluding hydrogens is 228 g/mol. The van der Waals surface area contributed by atoms with Gasteiger partial charge in [-0.1, -0.05) is 83.3 Å². The number of hydrogen-bond donors (Lipinski definition) is 0. The molecule has 110 valence electrons. The van der Waals surface area contributed by atoms with Crippen LogP contribution in [0.3, 0.4) is 0 Å². The summed E-state index contributed by atoms with van der Waals surface area (Å²) in [5.74, 6) is 6.54. The molecule has 0 heteroatoms. The molecule has 0 spiro atoms. The molecule has 0 nitrogen and oxygen atoms in total. The second-order valence-corrected chi connectivity index (χ2v) is 5.40. The Balaban J connectivity index is 3.17. The first kappa shape index (κ1) is 18.3. The van der Waals surface area contributed by atoms with E-state index in [0.717, 1.165) is 12.8 Å². The van der Waals surface area contributed by atoms with Crippen LogP contribution in [-0.4, -0.2) is 0 Å². The highest BCUT2D eigenvalue weighted by Gasteiger charge is 1.88. The molecule has 0 saturated carbocycles. The summed E-state index contributed by atoms with van der Waals surface area (Å²) in [4.78, 5) is 0. The van der Waals surface area contributed by atoms with E-state index in [9.17, 15) is 0 Å². The minimum Gasteiger partial charge on any atom is -0.103 e. The van der Waals surface area contributed by atoms with E-state index in [1.54, 1.807) is 0 Å². The fraction of sp³-hybridized carbons (Fsp3) is 0.789. The van der Waals surface area contributed by atoms with E-state index >= 15 is 0 Å². The summed E-state index contributed by atoms with van der Waals surface area (Å²) < 4.78 is 0. The Morgan fingerprint density at radius 1 is 0.632 bits per heavy atom. The van der Waals surface area contributed by atoms with Crippen molar-refractivity contribution in [1.29, 1.82) is 0 Å². The molecule has 0 fully saturated rings. The zero-order chi connectivity index (χ0) is 14.0. The first-order valence-electron chi connectivity index (χ1n) is 8.52. The zero-order valence-corrected chi connectivity index (χ0v) is 13.3. The van der Waals surface area contributed by atoms with Gasteiger partial charge in [0.2, 0.25) is 0 Å². The van der Waals surface area contributed by atoms with Gasteiger partial charge in [0.05, 0.1) is 0 Å². The molecule has 0 aromatic carbocycles. The molecular formula is C19H34. The molecule has 0 aromatic heterocycles. The average Bonchev–Trinajstić information content (AvgIpc) is 2.43. The van der Waals surface area contributed by atoms with Crippen LogP contribution in [0.4, 0.5) is 0 Å². The monoisotopic (exact) mass is 262 g/mol. The topological polar surface area (TPSA) is 0 Å². The quantitative estimate of drug-likeness (QED) is 0.210. The first-order valence-corrected chi connectivity index (χ1v) is 8.52. The first-order chi connectivity index (χ1) is 9.41. The summed E-state index contributed by atoms with van der Waals surface area (Å²) in [5, 5.41) is 0. The van der Waals surface area contributed by atoms with Crippen molar-refractivity contribution < 1.29 is 0 Å². The van der Waals surface area contributed by atoms with Gasteiger partial charge in [-0.3, -0.25) is 0 Å². The fourth-order valence-electron chi connectivity index (χ4n) is 2.10. The van der Waals surface area contributed by atoms with Gasteiger partial charge in [0.15, 0.2) is 0 Å². The Bertz CT molecular complexity index is 238. The lowest BCUT2D eigenvalue weighted by atomic mass is 10.1. The molecule has 0 N–H and O–H groups in total. The summed E-state index contributed by atoms with van der Waals surface area (Å²) in [6.07, 6.45) is 21.4. The van der Waals surface area contributed by atoms with Crippen LogP contribution in [0.25, 0.3) is 0 Å². The zero-order valence-electron chi connectivity index (χ0n) is 13.3. The SMILES string of the molecule is CCCCC/C=C\CC#CCCCCCCCCC. The summed E-state index contributed by atoms with van der Waals surface area (Å²) in [6.45, 7) is 4.52. The highest BCUT2D eigenvalue weighted by atomic mass is 13.9. The highest BCUT2D eigenvalue weighted by molar-refractivity contribution is 5.04. The molecule has 0 aliphatic rings. The number of allylic oxidation sites excluding steroid dienone is 2. The predicted molar refractivity (Wildman–Crippen MR) is 88.3 cm³/mol. The van der Waals surface area contributed by atoms with E-state index in [4.69, 9.17) is 0 Å². The molecule has 0 aromatic rings. The minimum atomic E-state index is 0.947. The van der Waals surface area contributed by atoms with Crippen LogP contribution < -0.4 is 0 Å². The Kier molecular flexibility index (Phi) is 16.7. The normalized spacial score (nSPS) is 10.6. The van der Waals surface area contributed by atoms with E-state index in [0.29, 0.717) is 0 Å². The summed E-state index contributed by atoms with van der Waals surface area (Å²) in [5.41, 5.74) is 0. The average molecular weight is 262 g/mol. The summed E-state index contributed by atoms with van der Waals surface area (Å²) >= 11 is 0. The van der Waals surface area contributed by atoms with E-state index < -0.39 is 0 Å². The van der Waals surface area contributed by atoms with Crippen molar-refractivity contribution >= 4 is 0 Å². The summed E-state index contributed by atoms with van der Waals surface area (Å²) in [6, 6.07) is 0. The van der Waals surface area contributed by atoms with Crippen molar-refractivity contribution in [3.05, 3.63) is 12.2 Å². The fourth-order valence-corrected chi connectivity index (χ4v) is 2.10. The molecule has 0 bridgehead atoms. The van der Waals surface area contributed by atoms with Gasteiger partial charge >= 0.3 is 0 Å². The lowest BCUT2D eigenvalue weighted by molar-refractivity contribution is 0.594. The third-order valence-electron chi connectivity index (χ3n) is 3.39. The Morgan fingerprint density at radius 2 is 1.26 bits per heavy atom. The molecule has 0 amide bonds. The van der Waals surface area contributed by atoms with Gasteiger partial charge in [-0.2, -0.15) is 0 Å². The lowest BCUT2D eigenvalue weighted by Gasteiger charge is -1.97. The molecule has 0 atom stereocenters. The summed E-state index contributed by atoms with van der Waals surface area (Å²) in [7, 11) is 0. The van der Waals surface area contributed by atoms with Crippen LogP contribution in [-0.2, 0) is 0 Å². The minimum absolute atomic E-state index is 0.947. The van der Waals surface area contributed by atoms with E-state index in [2.05, 4.69) is 37.8 Å². The lowest BCUT2D eigenvalue weighted by Crippen LogP contribution is -1.79. The number of hydrogen-bond acceptors (Lipinski definition) is 0. The van der Waals surface area contributed by atoms with E-state index in [1.165, 1.54) is 70.6 Å². The second-order valence-electron chi connectivity index (χ2n) is 5.40. The Hall–Kier alpha value is -0.700. The van der Waals surface area contributed by atoms with Gasteiger partial charge in [-0.15, -0.1) is 5.92 Å². The van der Waals surface area contributed by atoms with Crippen molar-refractivity contribution in [2.24, 2.45) is 0 Å². The van der Waals surface area contributed by atoms with Crippen molar-refractivity contribution in [3.63, 3.8) is 0 Å². The molecule has 0 rings (SSSR count). The van der Waals surface area contributed by atoms with E-state index in [-0.39, 0.29) is 0 Å². The molecule has 0 unspecified atom stereocenters. The third kappa shape index (κ3) is 17.3. The molecule has 0 radical (unpaired) electrons. The molecule has 0 heterocycles. The van der Waals surface area contributed by atoms with E-state index in [1.807, 2.05) is 0 Å². The number of rotatable bonds is 12. The van der Waals surface area contributed by atoms with Gasteiger partial charge in [0, 0.05) is 12.8 Å². The van der Waals surface area contributed by atoms with Crippen LogP contribution in [0, 0.1) is 11.8 Å². The van der Waals surface area contributed by atoms with Crippen LogP contribution in [0.5, 0.6) is 0 Å². The van der Waals surface area contributed by atoms with Crippen LogP contribution in [0.15, 0.2) is 12.2 Å². The van der Waals surface area contributed by atoms with Crippen LogP contribution >= 0.6 is 0 Å². The largest absolute Gasteiger partial charge is 0.103 e. The van der Waals surface area contributed by atoms with Crippen LogP contribution in [0.1, 0.15) is 97.3 Å². The maximum Gasteiger partial charge on any atom is 0.0269 e. The highest BCUT2D eigenvalue weighted by Crippen LogP contribution is 2.07. The van der Waals surface area contributed by atoms with Crippen molar-refractivity contribution in [2.45, 2.75) is 97.3 Å². The van der Waals surface area contributed by atoms with Crippen molar-refractivity contribution in [3.8, 4) is 11.8 Å². The smallest absolute Gasteiger partial charge is 0.0269 e. The van der Waals surface area contributed by atoms with Gasteiger partial charge < -0.3 is 0 Å². The molecule has 0 saturated heterocycles. The van der Waals surface area contributed by atoms with Gasteiger partial charge in [0.1, 0.15) is 0 Å². The van der Waals surface area contributed by atoms with Gasteiger partial charge in [0.25, 0.3) is 0 Å². The number of unbranched alkanes of at least 4 members (excludes halogenated alkanes) is 10. The predicted octanol–water partition coefficient (Wildman–Crippen LogP) is 6.66. The Morgan fingerprint density at radius 3 is 2.00 bits per heavy atom. The maximum absolute atomic E-state index is 3.29. The van der Waals surface area contributed by atoms with Crippen LogP contribution in [0.2, 0.25) is 0 Å². The van der Waals surface area contributed by atoms with Crippen molar-refractivity contribution in [1.82, 2.24) is 0 Å². The van der Waals surface area contributed by atoms with Gasteiger partial charge in [-0.25, -0.2) is 0 Å². The third-order valence-corrected chi connectivity index (χ3v) is 3.39. The second kappa shape index (κ2) is 17.3. The standard InChI is InChI=1S/C19H34/c1-3-5-7-9-11-13-15-17-19-18-16-14-12-10-8-6-4-2/h11,13H,3-10,12,14-16,18H2,1-2H3/b13-11-. The Labute approximate surface area is 122 Å². The molecule has 19 heavy (non-hydrogen) atoms. The molecule has 0 aliphatic carbocycles. The van der Waals surface area contributed by atoms with Crippen molar-refractivity contribution in [2.75, 3.05) is 0 Å². The molecule has 0 aliphatic heterocycles. The van der Waals surface area contributed by atoms with Gasteiger partial charge in [-0.05, 0) is 19.3 Å².